The van der Waals surface area contributed by atoms with Crippen molar-refractivity contribution < 1.29 is 33.7 Å². The molecule has 1 fully saturated rings. The van der Waals surface area contributed by atoms with E-state index in [-0.39, 0.29) is 23.7 Å². The van der Waals surface area contributed by atoms with Gasteiger partial charge in [-0.1, -0.05) is 24.3 Å². The van der Waals surface area contributed by atoms with Crippen LogP contribution in [0.1, 0.15) is 29.7 Å². The number of hydrogen-bond donors (Lipinski definition) is 1. The molecular formula is C29H27NO7. The summed E-state index contributed by atoms with van der Waals surface area (Å²) >= 11 is 0. The van der Waals surface area contributed by atoms with Gasteiger partial charge in [-0.25, -0.2) is 0 Å². The molecule has 37 heavy (non-hydrogen) atoms. The number of Topliss-reactive ketones (excluding diaryl/α,β-unsaturated/α-hetero) is 1. The minimum atomic E-state index is -0.909. The number of carbonyl (C=O) groups excluding carboxylic acids is 3. The number of hydrogen-bond acceptors (Lipinski definition) is 7. The van der Waals surface area contributed by atoms with Gasteiger partial charge in [-0.15, -0.1) is 0 Å². The van der Waals surface area contributed by atoms with E-state index < -0.39 is 17.7 Å². The largest absolute Gasteiger partial charge is 0.507 e. The summed E-state index contributed by atoms with van der Waals surface area (Å²) < 4.78 is 15.5. The maximum atomic E-state index is 13.3. The fourth-order valence-electron chi connectivity index (χ4n) is 4.27. The first-order chi connectivity index (χ1) is 17.9. The van der Waals surface area contributed by atoms with E-state index in [4.69, 9.17) is 14.2 Å². The summed E-state index contributed by atoms with van der Waals surface area (Å²) in [6.45, 7) is 2.36. The van der Waals surface area contributed by atoms with E-state index in [2.05, 4.69) is 0 Å². The molecule has 0 aliphatic carbocycles. The lowest BCUT2D eigenvalue weighted by Crippen LogP contribution is -2.29. The molecule has 0 saturated carbocycles. The van der Waals surface area contributed by atoms with Gasteiger partial charge in [0.1, 0.15) is 17.3 Å². The average Bonchev–Trinajstić information content (AvgIpc) is 3.19. The van der Waals surface area contributed by atoms with Crippen molar-refractivity contribution in [2.45, 2.75) is 19.4 Å². The van der Waals surface area contributed by atoms with Crippen LogP contribution < -0.4 is 14.4 Å². The highest BCUT2D eigenvalue weighted by atomic mass is 16.5. The van der Waals surface area contributed by atoms with Crippen LogP contribution in [-0.2, 0) is 25.5 Å². The van der Waals surface area contributed by atoms with Crippen LogP contribution in [-0.4, -0.2) is 43.6 Å². The number of nitrogens with zero attached hydrogens (tertiary/aromatic N) is 1. The van der Waals surface area contributed by atoms with Crippen LogP contribution in [0.5, 0.6) is 11.5 Å². The molecular weight excluding hydrogens is 474 g/mol. The topological polar surface area (TPSA) is 102 Å². The van der Waals surface area contributed by atoms with E-state index in [1.807, 2.05) is 6.92 Å². The minimum absolute atomic E-state index is 0.0407. The number of carbonyl (C=O) groups is 3. The quantitative estimate of drug-likeness (QED) is 0.211. The van der Waals surface area contributed by atoms with Crippen molar-refractivity contribution in [1.29, 1.82) is 0 Å². The Morgan fingerprint density at radius 1 is 0.946 bits per heavy atom. The number of aliphatic hydroxyl groups excluding tert-OH is 1. The number of ketones is 1. The first-order valence-electron chi connectivity index (χ1n) is 11.7. The third-order valence-electron chi connectivity index (χ3n) is 6.08. The van der Waals surface area contributed by atoms with Crippen molar-refractivity contribution in [2.24, 2.45) is 0 Å². The smallest absolute Gasteiger partial charge is 0.309 e. The summed E-state index contributed by atoms with van der Waals surface area (Å²) in [6, 6.07) is 19.5. The van der Waals surface area contributed by atoms with Crippen LogP contribution in [0.4, 0.5) is 5.69 Å². The molecule has 1 unspecified atom stereocenters. The maximum Gasteiger partial charge on any atom is 0.309 e. The van der Waals surface area contributed by atoms with Gasteiger partial charge in [0.05, 0.1) is 38.9 Å². The number of benzene rings is 3. The number of esters is 1. The monoisotopic (exact) mass is 501 g/mol. The summed E-state index contributed by atoms with van der Waals surface area (Å²) in [6.07, 6.45) is 0.0760. The molecule has 4 rings (SSSR count). The highest BCUT2D eigenvalue weighted by molar-refractivity contribution is 6.51. The van der Waals surface area contributed by atoms with Crippen LogP contribution in [0.3, 0.4) is 0 Å². The minimum Gasteiger partial charge on any atom is -0.507 e. The van der Waals surface area contributed by atoms with Crippen LogP contribution in [0.25, 0.3) is 5.76 Å². The van der Waals surface area contributed by atoms with Gasteiger partial charge in [0.15, 0.2) is 0 Å². The Bertz CT molecular complexity index is 1340. The zero-order chi connectivity index (χ0) is 26.5. The molecule has 3 aromatic carbocycles. The zero-order valence-electron chi connectivity index (χ0n) is 20.8. The average molecular weight is 502 g/mol. The van der Waals surface area contributed by atoms with E-state index in [1.54, 1.807) is 72.8 Å². The van der Waals surface area contributed by atoms with Gasteiger partial charge in [-0.3, -0.25) is 19.3 Å². The predicted molar refractivity (Wildman–Crippen MR) is 138 cm³/mol. The Morgan fingerprint density at radius 2 is 1.65 bits per heavy atom. The molecule has 0 bridgehead atoms. The van der Waals surface area contributed by atoms with Crippen molar-refractivity contribution in [3.05, 3.63) is 95.1 Å². The summed E-state index contributed by atoms with van der Waals surface area (Å²) in [7, 11) is 2.84. The molecule has 8 heteroatoms. The van der Waals surface area contributed by atoms with Gasteiger partial charge in [0.25, 0.3) is 11.7 Å². The first-order valence-corrected chi connectivity index (χ1v) is 11.7. The normalized spacial score (nSPS) is 16.5. The number of methoxy groups -OCH3 is 2. The van der Waals surface area contributed by atoms with Gasteiger partial charge in [-0.2, -0.15) is 0 Å². The molecule has 1 heterocycles. The van der Waals surface area contributed by atoms with Crippen LogP contribution in [0.15, 0.2) is 78.4 Å². The van der Waals surface area contributed by atoms with E-state index in [0.717, 1.165) is 0 Å². The second kappa shape index (κ2) is 11.0. The van der Waals surface area contributed by atoms with Crippen molar-refractivity contribution in [3.63, 3.8) is 0 Å². The molecule has 0 aromatic heterocycles. The van der Waals surface area contributed by atoms with Gasteiger partial charge >= 0.3 is 5.97 Å². The molecule has 1 aliphatic rings. The highest BCUT2D eigenvalue weighted by Crippen LogP contribution is 2.43. The molecule has 0 radical (unpaired) electrons. The summed E-state index contributed by atoms with van der Waals surface area (Å²) in [4.78, 5) is 39.7. The van der Waals surface area contributed by atoms with Crippen LogP contribution >= 0.6 is 0 Å². The molecule has 1 N–H and O–H groups in total. The molecule has 1 atom stereocenters. The van der Waals surface area contributed by atoms with Crippen molar-refractivity contribution >= 4 is 29.1 Å². The number of ether oxygens (including phenoxy) is 3. The predicted octanol–water partition coefficient (Wildman–Crippen LogP) is 4.44. The molecule has 3 aromatic rings. The Kier molecular flexibility index (Phi) is 7.57. The van der Waals surface area contributed by atoms with Crippen molar-refractivity contribution in [1.82, 2.24) is 0 Å². The number of anilines is 1. The lowest BCUT2D eigenvalue weighted by atomic mass is 9.95. The third kappa shape index (κ3) is 5.18. The van der Waals surface area contributed by atoms with E-state index in [0.29, 0.717) is 40.5 Å². The van der Waals surface area contributed by atoms with Gasteiger partial charge in [-0.05, 0) is 66.6 Å². The Hall–Kier alpha value is -4.59. The molecule has 0 spiro atoms. The highest BCUT2D eigenvalue weighted by Gasteiger charge is 2.47. The van der Waals surface area contributed by atoms with Crippen molar-refractivity contribution in [2.75, 3.05) is 25.7 Å². The number of rotatable bonds is 8. The second-order valence-corrected chi connectivity index (χ2v) is 8.32. The SMILES string of the molecule is CCOc1ccc(/C(O)=C2/C(=O)C(=O)N(c3ccc(CC(=O)OC)cc3)C2c2cccc(OC)c2)cc1. The third-order valence-corrected chi connectivity index (χ3v) is 6.08. The van der Waals surface area contributed by atoms with Crippen molar-refractivity contribution in [3.8, 4) is 11.5 Å². The van der Waals surface area contributed by atoms with Gasteiger partial charge in [0.2, 0.25) is 0 Å². The second-order valence-electron chi connectivity index (χ2n) is 8.32. The van der Waals surface area contributed by atoms with Crippen LogP contribution in [0.2, 0.25) is 0 Å². The van der Waals surface area contributed by atoms with Gasteiger partial charge in [0, 0.05) is 11.3 Å². The Balaban J connectivity index is 1.83. The molecule has 1 aliphatic heterocycles. The number of aliphatic hydroxyl groups is 1. The summed E-state index contributed by atoms with van der Waals surface area (Å²) in [5, 5.41) is 11.3. The standard InChI is InChI=1S/C29H27NO7/c1-4-37-22-14-10-19(11-15-22)27(32)25-26(20-6-5-7-23(17-20)35-2)30(29(34)28(25)33)21-12-8-18(9-13-21)16-24(31)36-3/h5-15,17,26,32H,4,16H2,1-3H3/b27-25-. The molecule has 8 nitrogen and oxygen atoms in total. The molecule has 1 amide bonds. The summed E-state index contributed by atoms with van der Waals surface area (Å²) in [5.41, 5.74) is 2.06. The Labute approximate surface area is 214 Å². The van der Waals surface area contributed by atoms with E-state index >= 15 is 0 Å². The lowest BCUT2D eigenvalue weighted by molar-refractivity contribution is -0.139. The molecule has 1 saturated heterocycles. The van der Waals surface area contributed by atoms with E-state index in [1.165, 1.54) is 19.1 Å². The van der Waals surface area contributed by atoms with Crippen LogP contribution in [0, 0.1) is 0 Å². The lowest BCUT2D eigenvalue weighted by Gasteiger charge is -2.26. The van der Waals surface area contributed by atoms with Gasteiger partial charge < -0.3 is 19.3 Å². The summed E-state index contributed by atoms with van der Waals surface area (Å²) in [5.74, 6) is -1.11. The first kappa shape index (κ1) is 25.5. The fourth-order valence-corrected chi connectivity index (χ4v) is 4.27. The maximum absolute atomic E-state index is 13.3. The zero-order valence-corrected chi connectivity index (χ0v) is 20.8. The Morgan fingerprint density at radius 3 is 2.27 bits per heavy atom. The number of amides is 1. The molecule has 190 valence electrons. The van der Waals surface area contributed by atoms with E-state index in [9.17, 15) is 19.5 Å². The fraction of sp³-hybridized carbons (Fsp3) is 0.207.